The van der Waals surface area contributed by atoms with Gasteiger partial charge < -0.3 is 18.7 Å². The molecule has 6 heteroatoms. The van der Waals surface area contributed by atoms with Crippen molar-refractivity contribution in [1.29, 1.82) is 0 Å². The molecule has 25 heavy (non-hydrogen) atoms. The second-order valence-electron chi connectivity index (χ2n) is 5.22. The third kappa shape index (κ3) is 3.98. The molecular formula is C19H17NO5. The fourth-order valence-electron chi connectivity index (χ4n) is 2.27. The number of rotatable bonds is 6. The van der Waals surface area contributed by atoms with Gasteiger partial charge in [-0.25, -0.2) is 4.79 Å². The summed E-state index contributed by atoms with van der Waals surface area (Å²) in [6, 6.07) is 15.9. The van der Waals surface area contributed by atoms with Crippen molar-refractivity contribution in [3.05, 3.63) is 65.9 Å². The first kappa shape index (κ1) is 16.6. The van der Waals surface area contributed by atoms with E-state index in [1.807, 2.05) is 24.3 Å². The summed E-state index contributed by atoms with van der Waals surface area (Å²) < 4.78 is 20.9. The second kappa shape index (κ2) is 7.53. The zero-order valence-electron chi connectivity index (χ0n) is 13.9. The normalized spacial score (nSPS) is 10.3. The van der Waals surface area contributed by atoms with Crippen LogP contribution < -0.4 is 9.47 Å². The number of hydrogen-bond donors (Lipinski definition) is 0. The van der Waals surface area contributed by atoms with Crippen molar-refractivity contribution >= 4 is 5.97 Å². The molecule has 3 rings (SSSR count). The minimum atomic E-state index is -0.454. The molecule has 0 aliphatic rings. The topological polar surface area (TPSA) is 70.8 Å². The molecule has 1 aromatic heterocycles. The van der Waals surface area contributed by atoms with E-state index >= 15 is 0 Å². The highest BCUT2D eigenvalue weighted by atomic mass is 16.5. The lowest BCUT2D eigenvalue weighted by molar-refractivity contribution is 0.0464. The zero-order valence-corrected chi connectivity index (χ0v) is 13.9. The van der Waals surface area contributed by atoms with E-state index in [2.05, 4.69) is 5.16 Å². The number of ether oxygens (including phenoxy) is 3. The number of carbonyl (C=O) groups excluding carboxylic acids is 1. The second-order valence-corrected chi connectivity index (χ2v) is 5.22. The van der Waals surface area contributed by atoms with Crippen LogP contribution in [0.5, 0.6) is 11.5 Å². The van der Waals surface area contributed by atoms with Crippen LogP contribution in [-0.2, 0) is 11.3 Å². The molecule has 0 saturated heterocycles. The van der Waals surface area contributed by atoms with E-state index in [-0.39, 0.29) is 6.61 Å². The van der Waals surface area contributed by atoms with Crippen LogP contribution >= 0.6 is 0 Å². The number of hydrogen-bond acceptors (Lipinski definition) is 6. The average molecular weight is 339 g/mol. The fourth-order valence-corrected chi connectivity index (χ4v) is 2.27. The molecule has 0 bridgehead atoms. The maximum atomic E-state index is 12.1. The smallest absolute Gasteiger partial charge is 0.338 e. The summed E-state index contributed by atoms with van der Waals surface area (Å²) in [5.41, 5.74) is 1.77. The van der Waals surface area contributed by atoms with Gasteiger partial charge in [0.1, 0.15) is 23.8 Å². The van der Waals surface area contributed by atoms with Crippen LogP contribution in [0.15, 0.2) is 59.1 Å². The van der Waals surface area contributed by atoms with Crippen molar-refractivity contribution < 1.29 is 23.5 Å². The molecule has 6 nitrogen and oxygen atoms in total. The Kier molecular flexibility index (Phi) is 4.99. The van der Waals surface area contributed by atoms with Crippen molar-refractivity contribution in [1.82, 2.24) is 5.16 Å². The summed E-state index contributed by atoms with van der Waals surface area (Å²) in [7, 11) is 3.14. The highest BCUT2D eigenvalue weighted by Gasteiger charge is 2.12. The van der Waals surface area contributed by atoms with Gasteiger partial charge in [0.05, 0.1) is 19.8 Å². The highest BCUT2D eigenvalue weighted by molar-refractivity contribution is 5.89. The van der Waals surface area contributed by atoms with E-state index < -0.39 is 5.97 Å². The van der Waals surface area contributed by atoms with Gasteiger partial charge in [0, 0.05) is 11.6 Å². The summed E-state index contributed by atoms with van der Waals surface area (Å²) in [6.45, 7) is 0.0174. The minimum absolute atomic E-state index is 0.0174. The summed E-state index contributed by atoms with van der Waals surface area (Å²) in [6.07, 6.45) is 0. The van der Waals surface area contributed by atoms with Gasteiger partial charge in [-0.15, -0.1) is 0 Å². The predicted octanol–water partition coefficient (Wildman–Crippen LogP) is 3.72. The Balaban J connectivity index is 1.66. The summed E-state index contributed by atoms with van der Waals surface area (Å²) in [4.78, 5) is 12.1. The Morgan fingerprint density at radius 1 is 1.00 bits per heavy atom. The zero-order chi connectivity index (χ0) is 17.6. The predicted molar refractivity (Wildman–Crippen MR) is 90.6 cm³/mol. The molecule has 0 unspecified atom stereocenters. The number of esters is 1. The lowest BCUT2D eigenvalue weighted by Gasteiger charge is -2.04. The number of methoxy groups -OCH3 is 2. The van der Waals surface area contributed by atoms with E-state index in [1.165, 1.54) is 0 Å². The lowest BCUT2D eigenvalue weighted by Crippen LogP contribution is -2.05. The van der Waals surface area contributed by atoms with Gasteiger partial charge in [-0.3, -0.25) is 0 Å². The van der Waals surface area contributed by atoms with E-state index in [0.717, 1.165) is 11.3 Å². The molecule has 0 amide bonds. The Bertz CT molecular complexity index is 872. The van der Waals surface area contributed by atoms with E-state index in [9.17, 15) is 4.79 Å². The molecule has 0 N–H and O–H groups in total. The third-order valence-corrected chi connectivity index (χ3v) is 3.57. The largest absolute Gasteiger partial charge is 0.497 e. The quantitative estimate of drug-likeness (QED) is 0.638. The minimum Gasteiger partial charge on any atom is -0.497 e. The molecule has 2 aromatic carbocycles. The third-order valence-electron chi connectivity index (χ3n) is 3.57. The van der Waals surface area contributed by atoms with Crippen LogP contribution in [0.2, 0.25) is 0 Å². The molecule has 0 fully saturated rings. The van der Waals surface area contributed by atoms with Crippen LogP contribution in [0.25, 0.3) is 11.3 Å². The number of carbonyl (C=O) groups is 1. The molecule has 0 radical (unpaired) electrons. The van der Waals surface area contributed by atoms with Gasteiger partial charge >= 0.3 is 5.97 Å². The molecule has 3 aromatic rings. The molecule has 0 aliphatic heterocycles. The molecule has 0 aliphatic carbocycles. The van der Waals surface area contributed by atoms with Gasteiger partial charge in [-0.1, -0.05) is 23.4 Å². The van der Waals surface area contributed by atoms with Crippen LogP contribution in [0, 0.1) is 0 Å². The van der Waals surface area contributed by atoms with Crippen LogP contribution in [-0.4, -0.2) is 25.3 Å². The number of benzene rings is 2. The van der Waals surface area contributed by atoms with Gasteiger partial charge in [0.2, 0.25) is 0 Å². The van der Waals surface area contributed by atoms with Gasteiger partial charge in [0.15, 0.2) is 5.76 Å². The summed E-state index contributed by atoms with van der Waals surface area (Å²) in [5, 5.41) is 3.93. The maximum Gasteiger partial charge on any atom is 0.338 e. The molecular weight excluding hydrogens is 322 g/mol. The van der Waals surface area contributed by atoms with Crippen molar-refractivity contribution in [3.8, 4) is 22.8 Å². The average Bonchev–Trinajstić information content (AvgIpc) is 3.15. The molecule has 128 valence electrons. The van der Waals surface area contributed by atoms with E-state index in [0.29, 0.717) is 22.8 Å². The first-order valence-corrected chi connectivity index (χ1v) is 7.61. The Labute approximate surface area is 144 Å². The highest BCUT2D eigenvalue weighted by Crippen LogP contribution is 2.24. The van der Waals surface area contributed by atoms with E-state index in [1.54, 1.807) is 44.6 Å². The number of aromatic nitrogens is 1. The Hall–Kier alpha value is -3.28. The molecule has 0 atom stereocenters. The maximum absolute atomic E-state index is 12.1. The lowest BCUT2D eigenvalue weighted by atomic mass is 10.1. The SMILES string of the molecule is COc1cccc(C(=O)OCc2cc(-c3cccc(OC)c3)on2)c1. The van der Waals surface area contributed by atoms with Crippen molar-refractivity contribution in [2.75, 3.05) is 14.2 Å². The van der Waals surface area contributed by atoms with Crippen molar-refractivity contribution in [3.63, 3.8) is 0 Å². The first-order valence-electron chi connectivity index (χ1n) is 7.61. The van der Waals surface area contributed by atoms with Crippen LogP contribution in [0.4, 0.5) is 0 Å². The Morgan fingerprint density at radius 2 is 1.72 bits per heavy atom. The van der Waals surface area contributed by atoms with Crippen LogP contribution in [0.1, 0.15) is 16.1 Å². The summed E-state index contributed by atoms with van der Waals surface area (Å²) in [5.74, 6) is 1.44. The summed E-state index contributed by atoms with van der Waals surface area (Å²) >= 11 is 0. The number of nitrogens with zero attached hydrogens (tertiary/aromatic N) is 1. The van der Waals surface area contributed by atoms with Crippen molar-refractivity contribution in [2.45, 2.75) is 6.61 Å². The standard InChI is InChI=1S/C19H17NO5/c1-22-16-7-3-5-13(9-16)18-11-15(20-25-18)12-24-19(21)14-6-4-8-17(10-14)23-2/h3-11H,12H2,1-2H3. The van der Waals surface area contributed by atoms with Gasteiger partial charge in [-0.05, 0) is 30.3 Å². The molecule has 0 spiro atoms. The van der Waals surface area contributed by atoms with Gasteiger partial charge in [0.25, 0.3) is 0 Å². The van der Waals surface area contributed by atoms with E-state index in [4.69, 9.17) is 18.7 Å². The molecule has 0 saturated carbocycles. The van der Waals surface area contributed by atoms with Crippen LogP contribution in [0.3, 0.4) is 0 Å². The monoisotopic (exact) mass is 339 g/mol. The fraction of sp³-hybridized carbons (Fsp3) is 0.158. The van der Waals surface area contributed by atoms with Crippen molar-refractivity contribution in [2.24, 2.45) is 0 Å². The molecule has 1 heterocycles. The van der Waals surface area contributed by atoms with Gasteiger partial charge in [-0.2, -0.15) is 0 Å². The Morgan fingerprint density at radius 3 is 2.48 bits per heavy atom. The first-order chi connectivity index (χ1) is 12.2.